The van der Waals surface area contributed by atoms with Crippen LogP contribution in [-0.2, 0) is 10.2 Å². The molecule has 2 heterocycles. The fourth-order valence-corrected chi connectivity index (χ4v) is 4.08. The molecule has 2 atom stereocenters. The number of rotatable bonds is 5. The molecule has 1 aliphatic carbocycles. The van der Waals surface area contributed by atoms with E-state index >= 15 is 0 Å². The number of primary amides is 1. The molecule has 5 heteroatoms. The van der Waals surface area contributed by atoms with E-state index in [0.717, 1.165) is 37.8 Å². The molecule has 0 bridgehead atoms. The second-order valence-electron chi connectivity index (χ2n) is 7.75. The number of hydrogen-bond donors (Lipinski definition) is 1. The summed E-state index contributed by atoms with van der Waals surface area (Å²) in [4.78, 5) is 18.3. The van der Waals surface area contributed by atoms with Crippen molar-refractivity contribution < 1.29 is 9.18 Å². The molecule has 0 spiro atoms. The summed E-state index contributed by atoms with van der Waals surface area (Å²) >= 11 is 0. The second kappa shape index (κ2) is 6.47. The molecule has 1 aromatic heterocycles. The van der Waals surface area contributed by atoms with Gasteiger partial charge in [-0.15, -0.1) is 0 Å². The van der Waals surface area contributed by atoms with E-state index < -0.39 is 5.95 Å². The standard InChI is InChI=1S/C21H24FN3O/c1-21(11-12-21)15-9-10-16(24-19(15)22)18(14-6-3-2-4-7-14)25-13-5-8-17(25)20(23)26/h2-4,6-7,9-10,17-18H,5,8,11-13H2,1H3,(H2,23,26)/t17?,18-/m1/s1. The number of hydrogen-bond acceptors (Lipinski definition) is 3. The third-order valence-corrected chi connectivity index (χ3v) is 5.87. The van der Waals surface area contributed by atoms with Crippen molar-refractivity contribution in [2.75, 3.05) is 6.54 Å². The summed E-state index contributed by atoms with van der Waals surface area (Å²) in [6.07, 6.45) is 3.64. The number of nitrogens with zero attached hydrogens (tertiary/aromatic N) is 2. The Bertz CT molecular complexity index is 819. The van der Waals surface area contributed by atoms with Crippen LogP contribution in [0.15, 0.2) is 42.5 Å². The van der Waals surface area contributed by atoms with Crippen molar-refractivity contribution in [3.8, 4) is 0 Å². The number of aromatic nitrogens is 1. The maximum absolute atomic E-state index is 14.8. The molecule has 1 amide bonds. The SMILES string of the molecule is CC1(c2ccc([C@@H](c3ccccc3)N3CCCC3C(N)=O)nc2F)CC1. The average Bonchev–Trinajstić information content (AvgIpc) is 3.18. The molecule has 136 valence electrons. The lowest BCUT2D eigenvalue weighted by atomic mass is 9.96. The molecule has 2 fully saturated rings. The Kier molecular flexibility index (Phi) is 4.27. The predicted molar refractivity (Wildman–Crippen MR) is 98.0 cm³/mol. The maximum Gasteiger partial charge on any atom is 0.234 e. The molecule has 1 saturated heterocycles. The third-order valence-electron chi connectivity index (χ3n) is 5.87. The van der Waals surface area contributed by atoms with Gasteiger partial charge in [0.15, 0.2) is 0 Å². The van der Waals surface area contributed by atoms with E-state index in [0.29, 0.717) is 11.3 Å². The van der Waals surface area contributed by atoms with Gasteiger partial charge in [-0.25, -0.2) is 4.98 Å². The Morgan fingerprint density at radius 3 is 2.62 bits per heavy atom. The van der Waals surface area contributed by atoms with E-state index in [2.05, 4.69) is 16.8 Å². The number of nitrogens with two attached hydrogens (primary N) is 1. The number of amides is 1. The van der Waals surface area contributed by atoms with E-state index in [1.54, 1.807) is 0 Å². The molecule has 2 aromatic rings. The van der Waals surface area contributed by atoms with Gasteiger partial charge in [0, 0.05) is 5.56 Å². The topological polar surface area (TPSA) is 59.2 Å². The zero-order valence-electron chi connectivity index (χ0n) is 15.0. The summed E-state index contributed by atoms with van der Waals surface area (Å²) < 4.78 is 14.8. The van der Waals surface area contributed by atoms with Crippen LogP contribution >= 0.6 is 0 Å². The molecule has 4 nitrogen and oxygen atoms in total. The monoisotopic (exact) mass is 353 g/mol. The first-order valence-corrected chi connectivity index (χ1v) is 9.26. The van der Waals surface area contributed by atoms with Crippen LogP contribution in [0, 0.1) is 5.95 Å². The predicted octanol–water partition coefficient (Wildman–Crippen LogP) is 3.31. The maximum atomic E-state index is 14.8. The number of likely N-dealkylation sites (tertiary alicyclic amines) is 1. The third kappa shape index (κ3) is 3.01. The van der Waals surface area contributed by atoms with Crippen molar-refractivity contribution in [2.24, 2.45) is 5.73 Å². The average molecular weight is 353 g/mol. The molecule has 0 radical (unpaired) electrons. The van der Waals surface area contributed by atoms with Crippen LogP contribution in [0.25, 0.3) is 0 Å². The summed E-state index contributed by atoms with van der Waals surface area (Å²) in [5.74, 6) is -0.718. The van der Waals surface area contributed by atoms with Crippen molar-refractivity contribution in [1.29, 1.82) is 0 Å². The van der Waals surface area contributed by atoms with Gasteiger partial charge < -0.3 is 5.73 Å². The van der Waals surface area contributed by atoms with Gasteiger partial charge in [-0.1, -0.05) is 43.3 Å². The Balaban J connectivity index is 1.76. The smallest absolute Gasteiger partial charge is 0.234 e. The lowest BCUT2D eigenvalue weighted by molar-refractivity contribution is -0.122. The lowest BCUT2D eigenvalue weighted by Gasteiger charge is -2.32. The minimum Gasteiger partial charge on any atom is -0.368 e. The summed E-state index contributed by atoms with van der Waals surface area (Å²) in [5, 5.41) is 0. The van der Waals surface area contributed by atoms with E-state index in [-0.39, 0.29) is 23.4 Å². The van der Waals surface area contributed by atoms with Crippen molar-refractivity contribution in [3.05, 3.63) is 65.2 Å². The molecule has 4 rings (SSSR count). The second-order valence-corrected chi connectivity index (χ2v) is 7.75. The highest BCUT2D eigenvalue weighted by atomic mass is 19.1. The molecular formula is C21H24FN3O. The van der Waals surface area contributed by atoms with Crippen LogP contribution in [0.1, 0.15) is 55.5 Å². The quantitative estimate of drug-likeness (QED) is 0.839. The molecule has 1 unspecified atom stereocenters. The normalized spacial score (nSPS) is 22.9. The molecule has 2 aliphatic rings. The van der Waals surface area contributed by atoms with Gasteiger partial charge >= 0.3 is 0 Å². The van der Waals surface area contributed by atoms with E-state index in [9.17, 15) is 9.18 Å². The highest BCUT2D eigenvalue weighted by Gasteiger charge is 2.42. The molecule has 2 N–H and O–H groups in total. The van der Waals surface area contributed by atoms with Crippen LogP contribution in [-0.4, -0.2) is 28.4 Å². The minimum atomic E-state index is -0.391. The van der Waals surface area contributed by atoms with Crippen molar-refractivity contribution in [3.63, 3.8) is 0 Å². The molecule has 26 heavy (non-hydrogen) atoms. The first kappa shape index (κ1) is 17.2. The first-order chi connectivity index (χ1) is 12.5. The highest BCUT2D eigenvalue weighted by Crippen LogP contribution is 2.48. The largest absolute Gasteiger partial charge is 0.368 e. The fraction of sp³-hybridized carbons (Fsp3) is 0.429. The van der Waals surface area contributed by atoms with Crippen molar-refractivity contribution >= 4 is 5.91 Å². The van der Waals surface area contributed by atoms with E-state index in [1.165, 1.54) is 0 Å². The van der Waals surface area contributed by atoms with Gasteiger partial charge in [-0.3, -0.25) is 9.69 Å². The van der Waals surface area contributed by atoms with Gasteiger partial charge in [-0.2, -0.15) is 4.39 Å². The first-order valence-electron chi connectivity index (χ1n) is 9.26. The van der Waals surface area contributed by atoms with Crippen LogP contribution < -0.4 is 5.73 Å². The molecule has 1 aromatic carbocycles. The van der Waals surface area contributed by atoms with Crippen LogP contribution in [0.5, 0.6) is 0 Å². The summed E-state index contributed by atoms with van der Waals surface area (Å²) in [6.45, 7) is 2.82. The minimum absolute atomic E-state index is 0.0682. The fourth-order valence-electron chi connectivity index (χ4n) is 4.08. The number of benzene rings is 1. The van der Waals surface area contributed by atoms with Gasteiger partial charge in [0.1, 0.15) is 0 Å². The van der Waals surface area contributed by atoms with Gasteiger partial charge in [0.25, 0.3) is 0 Å². The van der Waals surface area contributed by atoms with Crippen LogP contribution in [0.2, 0.25) is 0 Å². The molecular weight excluding hydrogens is 329 g/mol. The Hall–Kier alpha value is -2.27. The van der Waals surface area contributed by atoms with E-state index in [4.69, 9.17) is 5.73 Å². The Morgan fingerprint density at radius 2 is 2.00 bits per heavy atom. The van der Waals surface area contributed by atoms with Crippen molar-refractivity contribution in [1.82, 2.24) is 9.88 Å². The van der Waals surface area contributed by atoms with Crippen LogP contribution in [0.3, 0.4) is 0 Å². The Morgan fingerprint density at radius 1 is 1.27 bits per heavy atom. The van der Waals surface area contributed by atoms with Crippen molar-refractivity contribution in [2.45, 2.75) is 50.1 Å². The zero-order valence-corrected chi connectivity index (χ0v) is 15.0. The molecule has 1 saturated carbocycles. The number of carbonyl (C=O) groups excluding carboxylic acids is 1. The lowest BCUT2D eigenvalue weighted by Crippen LogP contribution is -2.43. The molecule has 1 aliphatic heterocycles. The van der Waals surface area contributed by atoms with Crippen LogP contribution in [0.4, 0.5) is 4.39 Å². The number of carbonyl (C=O) groups is 1. The van der Waals surface area contributed by atoms with E-state index in [1.807, 2.05) is 42.5 Å². The Labute approximate surface area is 153 Å². The van der Waals surface area contributed by atoms with Gasteiger partial charge in [0.05, 0.1) is 17.8 Å². The number of pyridine rings is 1. The number of halogens is 1. The van der Waals surface area contributed by atoms with Gasteiger partial charge in [-0.05, 0) is 49.3 Å². The summed E-state index contributed by atoms with van der Waals surface area (Å²) in [7, 11) is 0. The summed E-state index contributed by atoms with van der Waals surface area (Å²) in [6, 6.07) is 13.0. The zero-order chi connectivity index (χ0) is 18.3. The highest BCUT2D eigenvalue weighted by molar-refractivity contribution is 5.80. The van der Waals surface area contributed by atoms with Gasteiger partial charge in [0.2, 0.25) is 11.9 Å². The summed E-state index contributed by atoms with van der Waals surface area (Å²) in [5.41, 5.74) is 7.89.